The fraction of sp³-hybridized carbons (Fsp3) is 0.808. The summed E-state index contributed by atoms with van der Waals surface area (Å²) >= 11 is 0. The Morgan fingerprint density at radius 2 is 0.950 bits per heavy atom. The lowest BCUT2D eigenvalue weighted by Gasteiger charge is -2.24. The van der Waals surface area contributed by atoms with E-state index in [4.69, 9.17) is 46.4 Å². The van der Waals surface area contributed by atoms with E-state index in [-0.39, 0.29) is 51.4 Å². The summed E-state index contributed by atoms with van der Waals surface area (Å²) in [5, 5.41) is 0. The number of hydrogen-bond acceptors (Lipinski definition) is 13. The van der Waals surface area contributed by atoms with Crippen LogP contribution in [-0.2, 0) is 60.8 Å². The summed E-state index contributed by atoms with van der Waals surface area (Å²) in [5.41, 5.74) is 0.337. The van der Waals surface area contributed by atoms with Crippen LogP contribution < -0.4 is 0 Å². The second kappa shape index (κ2) is 26.0. The standard InChI is InChI=1S/C26H48O13Si/c1-23(2)26(29)39-21-18-33-11-8-10-25(28)38-20-17-36-15-13-34-12-14-35-16-19-37-24(27)9-6-7-22-40(30-3,31-4)32-5/h1,6-22H2,2-5H3. The second-order valence-electron chi connectivity index (χ2n) is 8.41. The Hall–Kier alpha value is -1.91. The molecule has 0 aliphatic carbocycles. The predicted octanol–water partition coefficient (Wildman–Crippen LogP) is 2.09. The molecule has 0 spiro atoms. The van der Waals surface area contributed by atoms with E-state index in [1.807, 2.05) is 0 Å². The number of hydrogen-bond donors (Lipinski definition) is 0. The molecule has 0 aromatic carbocycles. The van der Waals surface area contributed by atoms with Crippen LogP contribution in [0.3, 0.4) is 0 Å². The van der Waals surface area contributed by atoms with Gasteiger partial charge < -0.3 is 46.4 Å². The molecular weight excluding hydrogens is 548 g/mol. The summed E-state index contributed by atoms with van der Waals surface area (Å²) < 4.78 is 52.5. The fourth-order valence-electron chi connectivity index (χ4n) is 3.02. The minimum atomic E-state index is -2.59. The number of ether oxygens (including phenoxy) is 7. The quantitative estimate of drug-likeness (QED) is 0.0428. The molecule has 0 atom stereocenters. The monoisotopic (exact) mass is 596 g/mol. The van der Waals surface area contributed by atoms with Crippen LogP contribution in [0, 0.1) is 0 Å². The van der Waals surface area contributed by atoms with E-state index in [1.54, 1.807) is 28.3 Å². The molecule has 14 heteroatoms. The minimum absolute atomic E-state index is 0.145. The zero-order valence-corrected chi connectivity index (χ0v) is 25.5. The smallest absolute Gasteiger partial charge is 0.463 e. The van der Waals surface area contributed by atoms with Crippen molar-refractivity contribution < 1.29 is 60.8 Å². The van der Waals surface area contributed by atoms with Gasteiger partial charge in [-0.05, 0) is 26.2 Å². The second-order valence-corrected chi connectivity index (χ2v) is 11.5. The van der Waals surface area contributed by atoms with Gasteiger partial charge in [0.25, 0.3) is 0 Å². The first-order chi connectivity index (χ1) is 19.3. The lowest BCUT2D eigenvalue weighted by Crippen LogP contribution is -2.42. The molecule has 0 fully saturated rings. The molecule has 13 nitrogen and oxygen atoms in total. The Labute approximate surface area is 239 Å². The van der Waals surface area contributed by atoms with E-state index in [2.05, 4.69) is 6.58 Å². The van der Waals surface area contributed by atoms with Gasteiger partial charge in [-0.15, -0.1) is 0 Å². The molecule has 234 valence electrons. The van der Waals surface area contributed by atoms with Crippen LogP contribution in [0.5, 0.6) is 0 Å². The zero-order chi connectivity index (χ0) is 29.9. The number of esters is 3. The molecule has 0 rings (SSSR count). The number of rotatable bonds is 28. The van der Waals surface area contributed by atoms with E-state index < -0.39 is 14.8 Å². The van der Waals surface area contributed by atoms with Crippen molar-refractivity contribution >= 4 is 26.7 Å². The summed E-state index contributed by atoms with van der Waals surface area (Å²) in [6.45, 7) is 8.24. The van der Waals surface area contributed by atoms with Crippen LogP contribution in [0.1, 0.15) is 39.0 Å². The zero-order valence-electron chi connectivity index (χ0n) is 24.5. The van der Waals surface area contributed by atoms with Crippen molar-refractivity contribution in [2.24, 2.45) is 0 Å². The molecule has 0 bridgehead atoms. The molecular formula is C26H48O13Si. The molecule has 0 amide bonds. The van der Waals surface area contributed by atoms with Crippen molar-refractivity contribution in [1.29, 1.82) is 0 Å². The third-order valence-corrected chi connectivity index (χ3v) is 8.08. The Morgan fingerprint density at radius 3 is 1.40 bits per heavy atom. The molecule has 0 heterocycles. The highest BCUT2D eigenvalue weighted by Gasteiger charge is 2.36. The van der Waals surface area contributed by atoms with Crippen LogP contribution in [0.25, 0.3) is 0 Å². The average Bonchev–Trinajstić information content (AvgIpc) is 2.95. The highest BCUT2D eigenvalue weighted by Crippen LogP contribution is 2.17. The lowest BCUT2D eigenvalue weighted by molar-refractivity contribution is -0.146. The van der Waals surface area contributed by atoms with Gasteiger partial charge in [0.05, 0.1) is 46.2 Å². The summed E-state index contributed by atoms with van der Waals surface area (Å²) in [6.07, 6.45) is 2.46. The normalized spacial score (nSPS) is 11.3. The molecule has 0 radical (unpaired) electrons. The van der Waals surface area contributed by atoms with E-state index in [0.717, 1.165) is 6.42 Å². The van der Waals surface area contributed by atoms with Gasteiger partial charge in [-0.25, -0.2) is 4.79 Å². The van der Waals surface area contributed by atoms with Crippen LogP contribution in [-0.4, -0.2) is 121 Å². The average molecular weight is 597 g/mol. The van der Waals surface area contributed by atoms with Crippen molar-refractivity contribution in [3.05, 3.63) is 12.2 Å². The van der Waals surface area contributed by atoms with Gasteiger partial charge in [0.2, 0.25) is 0 Å². The van der Waals surface area contributed by atoms with Gasteiger partial charge in [-0.1, -0.05) is 6.58 Å². The highest BCUT2D eigenvalue weighted by atomic mass is 28.4. The van der Waals surface area contributed by atoms with Crippen molar-refractivity contribution in [3.63, 3.8) is 0 Å². The van der Waals surface area contributed by atoms with Gasteiger partial charge in [0.1, 0.15) is 19.8 Å². The van der Waals surface area contributed by atoms with Gasteiger partial charge in [-0.3, -0.25) is 9.59 Å². The maximum absolute atomic E-state index is 11.8. The van der Waals surface area contributed by atoms with Gasteiger partial charge in [0.15, 0.2) is 0 Å². The third-order valence-electron chi connectivity index (χ3n) is 5.25. The first-order valence-corrected chi connectivity index (χ1v) is 15.3. The number of carbonyl (C=O) groups is 3. The number of unbranched alkanes of at least 4 members (excludes halogenated alkanes) is 1. The molecule has 0 N–H and O–H groups in total. The maximum atomic E-state index is 11.8. The summed E-state index contributed by atoms with van der Waals surface area (Å²) in [4.78, 5) is 34.6. The molecule has 0 saturated carbocycles. The third kappa shape index (κ3) is 21.9. The van der Waals surface area contributed by atoms with Gasteiger partial charge in [0, 0.05) is 52.4 Å². The highest BCUT2D eigenvalue weighted by molar-refractivity contribution is 6.60. The first-order valence-electron chi connectivity index (χ1n) is 13.4. The molecule has 0 unspecified atom stereocenters. The largest absolute Gasteiger partial charge is 0.500 e. The fourth-order valence-corrected chi connectivity index (χ4v) is 4.81. The van der Waals surface area contributed by atoms with E-state index >= 15 is 0 Å². The van der Waals surface area contributed by atoms with Crippen LogP contribution >= 0.6 is 0 Å². The first kappa shape index (κ1) is 38.1. The van der Waals surface area contributed by atoms with Crippen molar-refractivity contribution in [2.45, 2.75) is 45.1 Å². The molecule has 0 saturated heterocycles. The summed E-state index contributed by atoms with van der Waals surface area (Å²) in [6, 6.07) is 0.642. The molecule has 40 heavy (non-hydrogen) atoms. The lowest BCUT2D eigenvalue weighted by atomic mass is 10.2. The van der Waals surface area contributed by atoms with Crippen LogP contribution in [0.2, 0.25) is 6.04 Å². The Bertz CT molecular complexity index is 677. The van der Waals surface area contributed by atoms with Crippen molar-refractivity contribution in [1.82, 2.24) is 0 Å². The van der Waals surface area contributed by atoms with Crippen molar-refractivity contribution in [3.8, 4) is 0 Å². The molecule has 0 aromatic heterocycles. The molecule has 0 aliphatic rings. The van der Waals surface area contributed by atoms with Crippen molar-refractivity contribution in [2.75, 3.05) is 94.0 Å². The molecule has 0 aromatic rings. The van der Waals surface area contributed by atoms with E-state index in [0.29, 0.717) is 70.5 Å². The van der Waals surface area contributed by atoms with E-state index in [1.165, 1.54) is 0 Å². The summed E-state index contributed by atoms with van der Waals surface area (Å²) in [5.74, 6) is -1.05. The van der Waals surface area contributed by atoms with E-state index in [9.17, 15) is 14.4 Å². The minimum Gasteiger partial charge on any atom is -0.463 e. The Balaban J connectivity index is 3.39. The number of carbonyl (C=O) groups excluding carboxylic acids is 3. The Kier molecular flexibility index (Phi) is 24.8. The Morgan fingerprint density at radius 1 is 0.550 bits per heavy atom. The van der Waals surface area contributed by atoms with Gasteiger partial charge >= 0.3 is 26.7 Å². The van der Waals surface area contributed by atoms with Crippen LogP contribution in [0.4, 0.5) is 0 Å². The van der Waals surface area contributed by atoms with Crippen LogP contribution in [0.15, 0.2) is 12.2 Å². The maximum Gasteiger partial charge on any atom is 0.500 e. The SMILES string of the molecule is C=C(C)C(=O)OCCOCCCC(=O)OCCOCCOCCOCCOC(=O)CCCC[Si](OC)(OC)OC. The molecule has 0 aliphatic heterocycles. The topological polar surface area (TPSA) is 144 Å². The summed E-state index contributed by atoms with van der Waals surface area (Å²) in [7, 11) is 2.10. The van der Waals surface area contributed by atoms with Gasteiger partial charge in [-0.2, -0.15) is 0 Å². The predicted molar refractivity (Wildman–Crippen MR) is 146 cm³/mol.